The number of nitrogens with zero attached hydrogens (tertiary/aromatic N) is 4. The van der Waals surface area contributed by atoms with Gasteiger partial charge in [-0.15, -0.1) is 0 Å². The molecule has 3 heterocycles. The second-order valence-electron chi connectivity index (χ2n) is 9.79. The lowest BCUT2D eigenvalue weighted by Crippen LogP contribution is -2.47. The smallest absolute Gasteiger partial charge is 0.333 e. The zero-order chi connectivity index (χ0) is 22.5. The van der Waals surface area contributed by atoms with Crippen molar-refractivity contribution in [1.29, 1.82) is 0 Å². The largest absolute Gasteiger partial charge is 0.474 e. The van der Waals surface area contributed by atoms with Crippen LogP contribution in [0.1, 0.15) is 57.4 Å². The van der Waals surface area contributed by atoms with Gasteiger partial charge in [0.05, 0.1) is 11.9 Å². The van der Waals surface area contributed by atoms with Gasteiger partial charge < -0.3 is 15.4 Å². The number of hydrogen-bond acceptors (Lipinski definition) is 6. The number of pyridine rings is 1. The van der Waals surface area contributed by atoms with Crippen LogP contribution in [0.15, 0.2) is 35.5 Å². The number of rotatable bonds is 8. The van der Waals surface area contributed by atoms with Crippen LogP contribution in [0, 0.1) is 0 Å². The summed E-state index contributed by atoms with van der Waals surface area (Å²) in [6.07, 6.45) is 14.9. The molecule has 0 spiro atoms. The first-order valence-corrected chi connectivity index (χ1v) is 12.9. The van der Waals surface area contributed by atoms with E-state index in [0.717, 1.165) is 83.5 Å². The average Bonchev–Trinajstić information content (AvgIpc) is 3.51. The summed E-state index contributed by atoms with van der Waals surface area (Å²) in [6.45, 7) is 6.70. The van der Waals surface area contributed by atoms with Crippen molar-refractivity contribution < 1.29 is 4.74 Å². The van der Waals surface area contributed by atoms with Crippen LogP contribution in [-0.4, -0.2) is 70.4 Å². The molecule has 3 fully saturated rings. The fourth-order valence-electron chi connectivity index (χ4n) is 5.55. The standard InChI is InChI=1S/C25H38N6O2/c32-25-30(21-7-5-20(6-8-21)27-13-16-29-14-11-26-12-15-29)17-18-31(25)22-9-10-24(28-19-22)33-23-3-1-2-4-23/h9-10,17-21,23,26-27H,1-8,11-16H2. The summed E-state index contributed by atoms with van der Waals surface area (Å²) in [5, 5.41) is 7.15. The third kappa shape index (κ3) is 5.67. The van der Waals surface area contributed by atoms with Gasteiger partial charge in [0.25, 0.3) is 0 Å². The molecule has 8 heteroatoms. The van der Waals surface area contributed by atoms with E-state index in [0.29, 0.717) is 18.0 Å². The SMILES string of the molecule is O=c1n(-c2ccc(OC3CCCC3)nc2)ccn1C1CCC(NCCN2CCNCC2)CC1. The molecule has 0 atom stereocenters. The van der Waals surface area contributed by atoms with Gasteiger partial charge in [0.1, 0.15) is 6.10 Å². The fraction of sp³-hybridized carbons (Fsp3) is 0.680. The van der Waals surface area contributed by atoms with Gasteiger partial charge in [-0.3, -0.25) is 14.0 Å². The Kier molecular flexibility index (Phi) is 7.43. The highest BCUT2D eigenvalue weighted by atomic mass is 16.5. The molecule has 0 unspecified atom stereocenters. The second kappa shape index (κ2) is 10.8. The molecule has 0 amide bonds. The molecule has 0 bridgehead atoms. The minimum absolute atomic E-state index is 0.0244. The molecule has 2 aliphatic carbocycles. The zero-order valence-electron chi connectivity index (χ0n) is 19.6. The minimum atomic E-state index is 0.0244. The predicted octanol–water partition coefficient (Wildman–Crippen LogP) is 2.33. The summed E-state index contributed by atoms with van der Waals surface area (Å²) in [5.41, 5.74) is 0.817. The van der Waals surface area contributed by atoms with E-state index in [1.807, 2.05) is 29.1 Å². The third-order valence-electron chi connectivity index (χ3n) is 7.55. The summed E-state index contributed by atoms with van der Waals surface area (Å²) in [4.78, 5) is 20.1. The van der Waals surface area contributed by atoms with Crippen LogP contribution in [0.5, 0.6) is 5.88 Å². The van der Waals surface area contributed by atoms with Crippen molar-refractivity contribution >= 4 is 0 Å². The van der Waals surface area contributed by atoms with Crippen LogP contribution in [0.25, 0.3) is 5.69 Å². The summed E-state index contributed by atoms with van der Waals surface area (Å²) in [5.74, 6) is 0.654. The summed E-state index contributed by atoms with van der Waals surface area (Å²) >= 11 is 0. The van der Waals surface area contributed by atoms with Crippen molar-refractivity contribution in [2.45, 2.75) is 69.6 Å². The number of nitrogens with one attached hydrogen (secondary N) is 2. The highest BCUT2D eigenvalue weighted by molar-refractivity contribution is 5.31. The van der Waals surface area contributed by atoms with Crippen molar-refractivity contribution in [3.05, 3.63) is 41.2 Å². The molecule has 1 aliphatic heterocycles. The number of ether oxygens (including phenoxy) is 1. The Bertz CT molecular complexity index is 919. The van der Waals surface area contributed by atoms with Gasteiger partial charge in [0.15, 0.2) is 0 Å². The van der Waals surface area contributed by atoms with Crippen LogP contribution in [-0.2, 0) is 0 Å². The maximum atomic E-state index is 13.1. The van der Waals surface area contributed by atoms with E-state index in [1.165, 1.54) is 12.8 Å². The molecule has 2 N–H and O–H groups in total. The Morgan fingerprint density at radius 1 is 1.03 bits per heavy atom. The van der Waals surface area contributed by atoms with Gasteiger partial charge >= 0.3 is 5.69 Å². The van der Waals surface area contributed by atoms with Crippen LogP contribution in [0.3, 0.4) is 0 Å². The Morgan fingerprint density at radius 2 is 1.82 bits per heavy atom. The molecule has 0 radical (unpaired) electrons. The molecule has 180 valence electrons. The molecular weight excluding hydrogens is 416 g/mol. The van der Waals surface area contributed by atoms with Crippen molar-refractivity contribution in [1.82, 2.24) is 29.7 Å². The van der Waals surface area contributed by atoms with Gasteiger partial charge in [-0.05, 0) is 57.4 Å². The Morgan fingerprint density at radius 3 is 2.55 bits per heavy atom. The van der Waals surface area contributed by atoms with Crippen molar-refractivity contribution in [2.75, 3.05) is 39.3 Å². The monoisotopic (exact) mass is 454 g/mol. The summed E-state index contributed by atoms with van der Waals surface area (Å²) in [7, 11) is 0. The first kappa shape index (κ1) is 22.6. The highest BCUT2D eigenvalue weighted by Gasteiger charge is 2.24. The molecule has 2 saturated carbocycles. The maximum Gasteiger partial charge on any atom is 0.333 e. The van der Waals surface area contributed by atoms with Crippen LogP contribution >= 0.6 is 0 Å². The Balaban J connectivity index is 1.12. The zero-order valence-corrected chi connectivity index (χ0v) is 19.6. The number of imidazole rings is 1. The van der Waals surface area contributed by atoms with Gasteiger partial charge in [0.2, 0.25) is 5.88 Å². The molecule has 1 saturated heterocycles. The van der Waals surface area contributed by atoms with Crippen LogP contribution < -0.4 is 21.1 Å². The summed E-state index contributed by atoms with van der Waals surface area (Å²) in [6, 6.07) is 4.67. The van der Waals surface area contributed by atoms with E-state index in [2.05, 4.69) is 20.5 Å². The van der Waals surface area contributed by atoms with Crippen molar-refractivity contribution in [3.63, 3.8) is 0 Å². The minimum Gasteiger partial charge on any atom is -0.474 e. The first-order chi connectivity index (χ1) is 16.3. The molecule has 8 nitrogen and oxygen atoms in total. The lowest BCUT2D eigenvalue weighted by Gasteiger charge is -2.31. The van der Waals surface area contributed by atoms with E-state index in [-0.39, 0.29) is 11.7 Å². The Hall–Kier alpha value is -2.16. The maximum absolute atomic E-state index is 13.1. The van der Waals surface area contributed by atoms with Crippen molar-refractivity contribution in [2.24, 2.45) is 0 Å². The second-order valence-corrected chi connectivity index (χ2v) is 9.79. The Labute approximate surface area is 196 Å². The van der Waals surface area contributed by atoms with E-state index in [4.69, 9.17) is 4.74 Å². The highest BCUT2D eigenvalue weighted by Crippen LogP contribution is 2.28. The molecule has 0 aromatic carbocycles. The molecule has 2 aromatic heterocycles. The van der Waals surface area contributed by atoms with Crippen LogP contribution in [0.4, 0.5) is 0 Å². The number of aromatic nitrogens is 3. The number of piperazine rings is 1. The average molecular weight is 455 g/mol. The molecule has 33 heavy (non-hydrogen) atoms. The topological polar surface area (TPSA) is 76.4 Å². The molecule has 5 rings (SSSR count). The van der Waals surface area contributed by atoms with Crippen molar-refractivity contribution in [3.8, 4) is 11.6 Å². The van der Waals surface area contributed by atoms with E-state index in [9.17, 15) is 4.79 Å². The summed E-state index contributed by atoms with van der Waals surface area (Å²) < 4.78 is 9.57. The molecule has 2 aromatic rings. The van der Waals surface area contributed by atoms with Gasteiger partial charge in [0, 0.05) is 69.8 Å². The van der Waals surface area contributed by atoms with E-state index in [1.54, 1.807) is 10.8 Å². The van der Waals surface area contributed by atoms with Gasteiger partial charge in [-0.2, -0.15) is 0 Å². The predicted molar refractivity (Wildman–Crippen MR) is 129 cm³/mol. The van der Waals surface area contributed by atoms with Gasteiger partial charge in [-0.1, -0.05) is 0 Å². The third-order valence-corrected chi connectivity index (χ3v) is 7.55. The van der Waals surface area contributed by atoms with Crippen LogP contribution in [0.2, 0.25) is 0 Å². The normalized spacial score (nSPS) is 24.8. The quantitative estimate of drug-likeness (QED) is 0.638. The lowest BCUT2D eigenvalue weighted by molar-refractivity contribution is 0.201. The molecule has 3 aliphatic rings. The fourth-order valence-corrected chi connectivity index (χ4v) is 5.55. The molecular formula is C25H38N6O2. The number of hydrogen-bond donors (Lipinski definition) is 2. The lowest BCUT2D eigenvalue weighted by atomic mass is 9.91. The van der Waals surface area contributed by atoms with E-state index < -0.39 is 0 Å². The van der Waals surface area contributed by atoms with Gasteiger partial charge in [-0.25, -0.2) is 9.78 Å². The first-order valence-electron chi connectivity index (χ1n) is 12.9. The van der Waals surface area contributed by atoms with E-state index >= 15 is 0 Å².